The van der Waals surface area contributed by atoms with Gasteiger partial charge in [-0.15, -0.1) is 10.2 Å². The summed E-state index contributed by atoms with van der Waals surface area (Å²) in [7, 11) is 0. The van der Waals surface area contributed by atoms with Gasteiger partial charge in [-0.1, -0.05) is 30.4 Å². The lowest BCUT2D eigenvalue weighted by Crippen LogP contribution is -2.35. The largest absolute Gasteiger partial charge is 0.480 e. The first-order valence-electron chi connectivity index (χ1n) is 8.26. The van der Waals surface area contributed by atoms with Crippen molar-refractivity contribution in [3.05, 3.63) is 39.8 Å². The third-order valence-electron chi connectivity index (χ3n) is 4.27. The molecule has 8 heteroatoms. The molecular weight excluding hydrogens is 340 g/mol. The topological polar surface area (TPSA) is 95.4 Å². The van der Waals surface area contributed by atoms with Gasteiger partial charge in [-0.25, -0.2) is 0 Å². The summed E-state index contributed by atoms with van der Waals surface area (Å²) < 4.78 is 0. The van der Waals surface area contributed by atoms with Gasteiger partial charge in [0.15, 0.2) is 0 Å². The number of rotatable bonds is 6. The van der Waals surface area contributed by atoms with Crippen LogP contribution in [0.15, 0.2) is 24.3 Å². The van der Waals surface area contributed by atoms with Crippen LogP contribution in [0.4, 0.5) is 5.69 Å². The van der Waals surface area contributed by atoms with Gasteiger partial charge in [-0.3, -0.25) is 14.5 Å². The van der Waals surface area contributed by atoms with Crippen LogP contribution >= 0.6 is 11.3 Å². The van der Waals surface area contributed by atoms with Gasteiger partial charge in [0.1, 0.15) is 11.0 Å². The summed E-state index contributed by atoms with van der Waals surface area (Å²) in [5, 5.41) is 20.9. The zero-order chi connectivity index (χ0) is 17.8. The molecule has 0 spiro atoms. The van der Waals surface area contributed by atoms with Gasteiger partial charge in [0.05, 0.1) is 6.54 Å². The number of carboxylic acids is 1. The van der Waals surface area contributed by atoms with E-state index in [0.29, 0.717) is 23.7 Å². The number of aliphatic carboxylic acids is 1. The van der Waals surface area contributed by atoms with E-state index >= 15 is 0 Å². The predicted octanol–water partition coefficient (Wildman–Crippen LogP) is 2.40. The molecule has 0 radical (unpaired) electrons. The fourth-order valence-electron chi connectivity index (χ4n) is 2.89. The molecule has 1 unspecified atom stereocenters. The standard InChI is InChI=1S/C17H20N4O3S/c1-2-11-5-7-12(8-6-11)18-15(22)16-20-19-14(25-16)10-21-9-3-4-13(21)17(23)24/h5-8,13H,2-4,9-10H2,1H3,(H,18,22)(H,23,24). The number of nitrogens with one attached hydrogen (secondary N) is 1. The second kappa shape index (κ2) is 7.71. The number of carbonyl (C=O) groups excluding carboxylic acids is 1. The van der Waals surface area contributed by atoms with Crippen molar-refractivity contribution in [3.8, 4) is 0 Å². The zero-order valence-electron chi connectivity index (χ0n) is 13.9. The Labute approximate surface area is 149 Å². The Bertz CT molecular complexity index is 760. The van der Waals surface area contributed by atoms with Crippen molar-refractivity contribution in [1.29, 1.82) is 0 Å². The number of aromatic nitrogens is 2. The molecule has 1 amide bonds. The Balaban J connectivity index is 1.62. The number of amides is 1. The van der Waals surface area contributed by atoms with E-state index in [9.17, 15) is 14.7 Å². The van der Waals surface area contributed by atoms with E-state index in [0.717, 1.165) is 19.4 Å². The molecule has 1 aromatic carbocycles. The van der Waals surface area contributed by atoms with Crippen LogP contribution in [0.3, 0.4) is 0 Å². The van der Waals surface area contributed by atoms with E-state index < -0.39 is 12.0 Å². The van der Waals surface area contributed by atoms with Crippen molar-refractivity contribution in [3.63, 3.8) is 0 Å². The number of likely N-dealkylation sites (tertiary alicyclic amines) is 1. The van der Waals surface area contributed by atoms with Crippen molar-refractivity contribution in [1.82, 2.24) is 15.1 Å². The first-order chi connectivity index (χ1) is 12.1. The highest BCUT2D eigenvalue weighted by Gasteiger charge is 2.31. The Morgan fingerprint density at radius 3 is 2.76 bits per heavy atom. The van der Waals surface area contributed by atoms with E-state index in [-0.39, 0.29) is 10.9 Å². The SMILES string of the molecule is CCc1ccc(NC(=O)c2nnc(CN3CCCC3C(=O)O)s2)cc1. The van der Waals surface area contributed by atoms with Crippen molar-refractivity contribution in [2.75, 3.05) is 11.9 Å². The van der Waals surface area contributed by atoms with Crippen LogP contribution in [0.1, 0.15) is 40.1 Å². The van der Waals surface area contributed by atoms with Crippen molar-refractivity contribution in [2.45, 2.75) is 38.8 Å². The molecule has 25 heavy (non-hydrogen) atoms. The van der Waals surface area contributed by atoms with Gasteiger partial charge in [-0.2, -0.15) is 0 Å². The van der Waals surface area contributed by atoms with E-state index in [1.165, 1.54) is 16.9 Å². The molecule has 0 aliphatic carbocycles. The molecule has 2 aromatic rings. The van der Waals surface area contributed by atoms with Crippen LogP contribution in [-0.4, -0.2) is 44.7 Å². The monoisotopic (exact) mass is 360 g/mol. The first-order valence-corrected chi connectivity index (χ1v) is 9.08. The highest BCUT2D eigenvalue weighted by atomic mass is 32.1. The van der Waals surface area contributed by atoms with E-state index in [1.54, 1.807) is 0 Å². The third-order valence-corrected chi connectivity index (χ3v) is 5.17. The molecule has 3 rings (SSSR count). The lowest BCUT2D eigenvalue weighted by molar-refractivity contribution is -0.142. The van der Waals surface area contributed by atoms with Gasteiger partial charge in [0.2, 0.25) is 5.01 Å². The minimum Gasteiger partial charge on any atom is -0.480 e. The minimum absolute atomic E-state index is 0.278. The van der Waals surface area contributed by atoms with Gasteiger partial charge < -0.3 is 10.4 Å². The Kier molecular flexibility index (Phi) is 5.40. The third kappa shape index (κ3) is 4.21. The number of benzene rings is 1. The summed E-state index contributed by atoms with van der Waals surface area (Å²) in [5.74, 6) is -1.11. The molecule has 1 fully saturated rings. The van der Waals surface area contributed by atoms with Crippen molar-refractivity contribution >= 4 is 28.9 Å². The Morgan fingerprint density at radius 1 is 1.32 bits per heavy atom. The second-order valence-electron chi connectivity index (χ2n) is 5.97. The van der Waals surface area contributed by atoms with Gasteiger partial charge in [0.25, 0.3) is 5.91 Å². The lowest BCUT2D eigenvalue weighted by Gasteiger charge is -2.18. The Hall–Kier alpha value is -2.32. The van der Waals surface area contributed by atoms with Crippen LogP contribution < -0.4 is 5.32 Å². The predicted molar refractivity (Wildman–Crippen MR) is 94.8 cm³/mol. The Morgan fingerprint density at radius 2 is 2.08 bits per heavy atom. The van der Waals surface area contributed by atoms with Crippen molar-refractivity contribution in [2.24, 2.45) is 0 Å². The van der Waals surface area contributed by atoms with Crippen LogP contribution in [-0.2, 0) is 17.8 Å². The number of nitrogens with zero attached hydrogens (tertiary/aromatic N) is 3. The fraction of sp³-hybridized carbons (Fsp3) is 0.412. The number of hydrogen-bond donors (Lipinski definition) is 2. The highest BCUT2D eigenvalue weighted by molar-refractivity contribution is 7.13. The quantitative estimate of drug-likeness (QED) is 0.821. The number of anilines is 1. The van der Waals surface area contributed by atoms with Gasteiger partial charge >= 0.3 is 5.97 Å². The summed E-state index contributed by atoms with van der Waals surface area (Å²) in [5.41, 5.74) is 1.92. The number of aryl methyl sites for hydroxylation is 1. The molecular formula is C17H20N4O3S. The summed E-state index contributed by atoms with van der Waals surface area (Å²) in [4.78, 5) is 25.4. The minimum atomic E-state index is -0.810. The van der Waals surface area contributed by atoms with Gasteiger partial charge in [-0.05, 0) is 43.5 Å². The summed E-state index contributed by atoms with van der Waals surface area (Å²) in [6.07, 6.45) is 2.45. The molecule has 1 aromatic heterocycles. The molecule has 1 atom stereocenters. The van der Waals surface area contributed by atoms with Crippen molar-refractivity contribution < 1.29 is 14.7 Å². The molecule has 1 aliphatic heterocycles. The number of hydrogen-bond acceptors (Lipinski definition) is 6. The fourth-order valence-corrected chi connectivity index (χ4v) is 3.65. The van der Waals surface area contributed by atoms with Crippen LogP contribution in [0.5, 0.6) is 0 Å². The molecule has 7 nitrogen and oxygen atoms in total. The van der Waals surface area contributed by atoms with E-state index in [1.807, 2.05) is 29.2 Å². The normalized spacial score (nSPS) is 17.6. The zero-order valence-corrected chi connectivity index (χ0v) is 14.8. The summed E-state index contributed by atoms with van der Waals surface area (Å²) in [6.45, 7) is 3.21. The summed E-state index contributed by atoms with van der Waals surface area (Å²) in [6, 6.07) is 7.19. The van der Waals surface area contributed by atoms with Crippen LogP contribution in [0.2, 0.25) is 0 Å². The molecule has 132 valence electrons. The number of carboxylic acid groups (broad SMARTS) is 1. The molecule has 1 saturated heterocycles. The molecule has 1 aliphatic rings. The first kappa shape index (κ1) is 17.5. The molecule has 2 N–H and O–H groups in total. The smallest absolute Gasteiger partial charge is 0.320 e. The molecule has 2 heterocycles. The lowest BCUT2D eigenvalue weighted by atomic mass is 10.1. The average molecular weight is 360 g/mol. The maximum Gasteiger partial charge on any atom is 0.320 e. The maximum atomic E-state index is 12.3. The highest BCUT2D eigenvalue weighted by Crippen LogP contribution is 2.22. The average Bonchev–Trinajstić information content (AvgIpc) is 3.25. The van der Waals surface area contributed by atoms with Crippen LogP contribution in [0, 0.1) is 0 Å². The maximum absolute atomic E-state index is 12.3. The number of carbonyl (C=O) groups is 2. The van der Waals surface area contributed by atoms with E-state index in [2.05, 4.69) is 22.4 Å². The van der Waals surface area contributed by atoms with E-state index in [4.69, 9.17) is 0 Å². The second-order valence-corrected chi connectivity index (χ2v) is 7.03. The van der Waals surface area contributed by atoms with Crippen LogP contribution in [0.25, 0.3) is 0 Å². The summed E-state index contributed by atoms with van der Waals surface area (Å²) >= 11 is 1.20. The molecule has 0 saturated carbocycles. The van der Waals surface area contributed by atoms with Gasteiger partial charge in [0, 0.05) is 5.69 Å². The molecule has 0 bridgehead atoms.